The Morgan fingerprint density at radius 2 is 1.56 bits per heavy atom. The van der Waals surface area contributed by atoms with Crippen LogP contribution in [0.1, 0.15) is 26.3 Å². The standard InChI is InChI=1S/C20H23NO4/c1-20(2,3)25-19(24)21-17(18(22)23)13-14-9-11-16(12-10-14)15-7-5-4-6-8-15/h4-12,17H,13H2,1-3H3,(H,21,24)(H,22,23)/t17-/m1/s1. The van der Waals surface area contributed by atoms with E-state index in [4.69, 9.17) is 4.74 Å². The van der Waals surface area contributed by atoms with Crippen molar-refractivity contribution in [3.63, 3.8) is 0 Å². The van der Waals surface area contributed by atoms with E-state index < -0.39 is 23.7 Å². The minimum Gasteiger partial charge on any atom is -0.480 e. The number of ether oxygens (including phenoxy) is 1. The summed E-state index contributed by atoms with van der Waals surface area (Å²) >= 11 is 0. The molecule has 2 rings (SSSR count). The number of carbonyl (C=O) groups is 2. The van der Waals surface area contributed by atoms with E-state index in [1.807, 2.05) is 54.6 Å². The van der Waals surface area contributed by atoms with Crippen molar-refractivity contribution in [3.8, 4) is 11.1 Å². The molecule has 0 aromatic heterocycles. The van der Waals surface area contributed by atoms with E-state index in [0.29, 0.717) is 0 Å². The summed E-state index contributed by atoms with van der Waals surface area (Å²) in [7, 11) is 0. The van der Waals surface area contributed by atoms with Gasteiger partial charge in [0, 0.05) is 6.42 Å². The van der Waals surface area contributed by atoms with Crippen LogP contribution in [0, 0.1) is 0 Å². The van der Waals surface area contributed by atoms with Crippen molar-refractivity contribution in [2.24, 2.45) is 0 Å². The molecule has 132 valence electrons. The van der Waals surface area contributed by atoms with E-state index >= 15 is 0 Å². The Bertz CT molecular complexity index is 718. The molecule has 5 heteroatoms. The fraction of sp³-hybridized carbons (Fsp3) is 0.300. The summed E-state index contributed by atoms with van der Waals surface area (Å²) in [5.74, 6) is -1.10. The van der Waals surface area contributed by atoms with Gasteiger partial charge in [-0.05, 0) is 37.5 Å². The highest BCUT2D eigenvalue weighted by molar-refractivity contribution is 5.80. The zero-order valence-corrected chi connectivity index (χ0v) is 14.7. The summed E-state index contributed by atoms with van der Waals surface area (Å²) in [6, 6.07) is 16.5. The Labute approximate surface area is 147 Å². The number of amides is 1. The highest BCUT2D eigenvalue weighted by atomic mass is 16.6. The second-order valence-electron chi connectivity index (χ2n) is 6.80. The van der Waals surface area contributed by atoms with Gasteiger partial charge < -0.3 is 15.2 Å². The lowest BCUT2D eigenvalue weighted by Gasteiger charge is -2.22. The molecule has 1 amide bonds. The fourth-order valence-corrected chi connectivity index (χ4v) is 2.35. The molecule has 0 aliphatic rings. The molecule has 2 aromatic carbocycles. The van der Waals surface area contributed by atoms with Gasteiger partial charge in [-0.2, -0.15) is 0 Å². The predicted molar refractivity (Wildman–Crippen MR) is 96.4 cm³/mol. The van der Waals surface area contributed by atoms with E-state index in [0.717, 1.165) is 16.7 Å². The van der Waals surface area contributed by atoms with Crippen LogP contribution < -0.4 is 5.32 Å². The molecule has 0 radical (unpaired) electrons. The quantitative estimate of drug-likeness (QED) is 0.865. The van der Waals surface area contributed by atoms with Crippen molar-refractivity contribution in [3.05, 3.63) is 60.2 Å². The molecule has 5 nitrogen and oxygen atoms in total. The summed E-state index contributed by atoms with van der Waals surface area (Å²) in [5, 5.41) is 11.8. The van der Waals surface area contributed by atoms with Gasteiger partial charge in [0.25, 0.3) is 0 Å². The first-order valence-electron chi connectivity index (χ1n) is 8.11. The zero-order valence-electron chi connectivity index (χ0n) is 14.7. The maximum absolute atomic E-state index is 11.8. The zero-order chi connectivity index (χ0) is 18.4. The lowest BCUT2D eigenvalue weighted by molar-refractivity contribution is -0.139. The molecule has 25 heavy (non-hydrogen) atoms. The van der Waals surface area contributed by atoms with E-state index in [9.17, 15) is 14.7 Å². The molecule has 0 aliphatic carbocycles. The van der Waals surface area contributed by atoms with E-state index in [-0.39, 0.29) is 6.42 Å². The lowest BCUT2D eigenvalue weighted by atomic mass is 10.0. The van der Waals surface area contributed by atoms with Gasteiger partial charge in [0.15, 0.2) is 0 Å². The molecule has 0 heterocycles. The van der Waals surface area contributed by atoms with Gasteiger partial charge in [-0.3, -0.25) is 0 Å². The van der Waals surface area contributed by atoms with Gasteiger partial charge >= 0.3 is 12.1 Å². The normalized spacial score (nSPS) is 12.3. The smallest absolute Gasteiger partial charge is 0.408 e. The number of carboxylic acid groups (broad SMARTS) is 1. The number of benzene rings is 2. The molecular formula is C20H23NO4. The first-order chi connectivity index (χ1) is 11.7. The van der Waals surface area contributed by atoms with E-state index in [1.54, 1.807) is 20.8 Å². The van der Waals surface area contributed by atoms with Crippen molar-refractivity contribution in [2.75, 3.05) is 0 Å². The van der Waals surface area contributed by atoms with Crippen LogP contribution in [0.3, 0.4) is 0 Å². The average molecular weight is 341 g/mol. The van der Waals surface area contributed by atoms with Gasteiger partial charge in [-0.15, -0.1) is 0 Å². The third kappa shape index (κ3) is 5.95. The van der Waals surface area contributed by atoms with Gasteiger partial charge in [0.2, 0.25) is 0 Å². The van der Waals surface area contributed by atoms with Crippen molar-refractivity contribution in [1.29, 1.82) is 0 Å². The second kappa shape index (κ2) is 7.83. The number of aliphatic carboxylic acids is 1. The SMILES string of the molecule is CC(C)(C)OC(=O)N[C@H](Cc1ccc(-c2ccccc2)cc1)C(=O)O. The van der Waals surface area contributed by atoms with Gasteiger partial charge in [0.05, 0.1) is 0 Å². The number of carbonyl (C=O) groups excluding carboxylic acids is 1. The largest absolute Gasteiger partial charge is 0.480 e. The summed E-state index contributed by atoms with van der Waals surface area (Å²) in [6.07, 6.45) is -0.551. The molecule has 0 aliphatic heterocycles. The van der Waals surface area contributed by atoms with Gasteiger partial charge in [0.1, 0.15) is 11.6 Å². The molecule has 2 N–H and O–H groups in total. The number of nitrogens with one attached hydrogen (secondary N) is 1. The van der Waals surface area contributed by atoms with E-state index in [2.05, 4.69) is 5.32 Å². The summed E-state index contributed by atoms with van der Waals surface area (Å²) in [5.41, 5.74) is 2.29. The van der Waals surface area contributed by atoms with Crippen LogP contribution in [-0.2, 0) is 16.0 Å². The Kier molecular flexibility index (Phi) is 5.80. The molecule has 1 atom stereocenters. The van der Waals surface area contributed by atoms with Crippen LogP contribution in [-0.4, -0.2) is 28.8 Å². The maximum atomic E-state index is 11.8. The molecule has 0 unspecified atom stereocenters. The maximum Gasteiger partial charge on any atom is 0.408 e. The van der Waals surface area contributed by atoms with Gasteiger partial charge in [-0.25, -0.2) is 9.59 Å². The minimum absolute atomic E-state index is 0.184. The third-order valence-electron chi connectivity index (χ3n) is 3.49. The van der Waals surface area contributed by atoms with Crippen LogP contribution in [0.25, 0.3) is 11.1 Å². The molecular weight excluding hydrogens is 318 g/mol. The van der Waals surface area contributed by atoms with Crippen LogP contribution >= 0.6 is 0 Å². The van der Waals surface area contributed by atoms with Crippen molar-refractivity contribution < 1.29 is 19.4 Å². The Balaban J connectivity index is 2.04. The highest BCUT2D eigenvalue weighted by Crippen LogP contribution is 2.19. The van der Waals surface area contributed by atoms with Crippen LogP contribution in [0.5, 0.6) is 0 Å². The topological polar surface area (TPSA) is 75.6 Å². The first-order valence-corrected chi connectivity index (χ1v) is 8.11. The number of alkyl carbamates (subject to hydrolysis) is 1. The summed E-state index contributed by atoms with van der Waals surface area (Å²) in [6.45, 7) is 5.18. The number of carboxylic acids is 1. The Morgan fingerprint density at radius 3 is 2.08 bits per heavy atom. The van der Waals surface area contributed by atoms with Crippen molar-refractivity contribution >= 4 is 12.1 Å². The van der Waals surface area contributed by atoms with Crippen LogP contribution in [0.15, 0.2) is 54.6 Å². The molecule has 0 bridgehead atoms. The minimum atomic E-state index is -1.10. The van der Waals surface area contributed by atoms with Crippen molar-refractivity contribution in [2.45, 2.75) is 38.8 Å². The fourth-order valence-electron chi connectivity index (χ4n) is 2.35. The van der Waals surface area contributed by atoms with Gasteiger partial charge in [-0.1, -0.05) is 54.6 Å². The molecule has 0 saturated carbocycles. The second-order valence-corrected chi connectivity index (χ2v) is 6.80. The number of hydrogen-bond donors (Lipinski definition) is 2. The summed E-state index contributed by atoms with van der Waals surface area (Å²) in [4.78, 5) is 23.2. The molecule has 0 saturated heterocycles. The lowest BCUT2D eigenvalue weighted by Crippen LogP contribution is -2.44. The number of rotatable bonds is 5. The van der Waals surface area contributed by atoms with Crippen LogP contribution in [0.2, 0.25) is 0 Å². The highest BCUT2D eigenvalue weighted by Gasteiger charge is 2.24. The van der Waals surface area contributed by atoms with E-state index in [1.165, 1.54) is 0 Å². The first kappa shape index (κ1) is 18.5. The summed E-state index contributed by atoms with van der Waals surface area (Å²) < 4.78 is 5.12. The Hall–Kier alpha value is -2.82. The third-order valence-corrected chi connectivity index (χ3v) is 3.49. The monoisotopic (exact) mass is 341 g/mol. The molecule has 0 spiro atoms. The Morgan fingerprint density at radius 1 is 1.00 bits per heavy atom. The number of hydrogen-bond acceptors (Lipinski definition) is 3. The van der Waals surface area contributed by atoms with Crippen LogP contribution in [0.4, 0.5) is 4.79 Å². The van der Waals surface area contributed by atoms with Crippen molar-refractivity contribution in [1.82, 2.24) is 5.32 Å². The molecule has 0 fully saturated rings. The average Bonchev–Trinajstić information content (AvgIpc) is 2.54. The predicted octanol–water partition coefficient (Wildman–Crippen LogP) is 3.87. The molecule has 2 aromatic rings.